The molecule has 1 aromatic rings. The van der Waals surface area contributed by atoms with Gasteiger partial charge in [0.2, 0.25) is 0 Å². The van der Waals surface area contributed by atoms with E-state index in [9.17, 15) is 13.6 Å². The molecule has 0 fully saturated rings. The number of alkyl carbamates (subject to hydrolysis) is 1. The maximum atomic E-state index is 13.0. The SMILES string of the molecule is CC(C)(C)NC(=O)OCC(N)c1ccc(F)c(F)c1. The van der Waals surface area contributed by atoms with Crippen molar-refractivity contribution in [3.8, 4) is 0 Å². The Bertz CT molecular complexity index is 458. The molecular formula is C13H18F2N2O2. The Morgan fingerprint density at radius 2 is 2.00 bits per heavy atom. The minimum atomic E-state index is -0.980. The first-order valence-electron chi connectivity index (χ1n) is 5.84. The smallest absolute Gasteiger partial charge is 0.407 e. The van der Waals surface area contributed by atoms with Gasteiger partial charge in [-0.15, -0.1) is 0 Å². The molecule has 3 N–H and O–H groups in total. The molecule has 4 nitrogen and oxygen atoms in total. The van der Waals surface area contributed by atoms with Crippen molar-refractivity contribution in [3.05, 3.63) is 35.4 Å². The van der Waals surface area contributed by atoms with Gasteiger partial charge in [-0.2, -0.15) is 0 Å². The fraction of sp³-hybridized carbons (Fsp3) is 0.462. The zero-order valence-corrected chi connectivity index (χ0v) is 11.2. The van der Waals surface area contributed by atoms with Gasteiger partial charge in [-0.1, -0.05) is 6.07 Å². The first-order chi connectivity index (χ1) is 8.69. The number of carbonyl (C=O) groups is 1. The predicted molar refractivity (Wildman–Crippen MR) is 67.5 cm³/mol. The van der Waals surface area contributed by atoms with E-state index in [1.807, 2.05) is 20.8 Å². The van der Waals surface area contributed by atoms with Crippen molar-refractivity contribution in [1.29, 1.82) is 0 Å². The zero-order chi connectivity index (χ0) is 14.6. The Labute approximate surface area is 110 Å². The standard InChI is InChI=1S/C13H18F2N2O2/c1-13(2,3)17-12(18)19-7-11(16)8-4-5-9(14)10(15)6-8/h4-6,11H,7,16H2,1-3H3,(H,17,18). The molecule has 0 bridgehead atoms. The largest absolute Gasteiger partial charge is 0.448 e. The highest BCUT2D eigenvalue weighted by molar-refractivity contribution is 5.68. The number of nitrogens with one attached hydrogen (secondary N) is 1. The molecule has 106 valence electrons. The van der Waals surface area contributed by atoms with Gasteiger partial charge in [0.1, 0.15) is 6.61 Å². The van der Waals surface area contributed by atoms with Crippen molar-refractivity contribution < 1.29 is 18.3 Å². The van der Waals surface area contributed by atoms with Gasteiger partial charge in [0.05, 0.1) is 6.04 Å². The molecular weight excluding hydrogens is 254 g/mol. The van der Waals surface area contributed by atoms with E-state index in [1.54, 1.807) is 0 Å². The van der Waals surface area contributed by atoms with E-state index >= 15 is 0 Å². The molecule has 0 radical (unpaired) electrons. The molecule has 0 aliphatic carbocycles. The van der Waals surface area contributed by atoms with E-state index in [2.05, 4.69) is 5.32 Å². The first kappa shape index (κ1) is 15.4. The van der Waals surface area contributed by atoms with Gasteiger partial charge >= 0.3 is 6.09 Å². The lowest BCUT2D eigenvalue weighted by Crippen LogP contribution is -2.41. The lowest BCUT2D eigenvalue weighted by Gasteiger charge is -2.21. The third-order valence-corrected chi connectivity index (χ3v) is 2.24. The minimum absolute atomic E-state index is 0.118. The number of nitrogens with two attached hydrogens (primary N) is 1. The van der Waals surface area contributed by atoms with Crippen LogP contribution in [-0.2, 0) is 4.74 Å². The molecule has 1 atom stereocenters. The van der Waals surface area contributed by atoms with Crippen LogP contribution >= 0.6 is 0 Å². The van der Waals surface area contributed by atoms with Crippen molar-refractivity contribution in [2.75, 3.05) is 6.61 Å². The van der Waals surface area contributed by atoms with Gasteiger partial charge in [0.15, 0.2) is 11.6 Å². The number of carbonyl (C=O) groups excluding carboxylic acids is 1. The maximum absolute atomic E-state index is 13.0. The molecule has 1 rings (SSSR count). The van der Waals surface area contributed by atoms with Gasteiger partial charge in [-0.05, 0) is 38.5 Å². The van der Waals surface area contributed by atoms with E-state index in [1.165, 1.54) is 6.07 Å². The van der Waals surface area contributed by atoms with E-state index in [0.717, 1.165) is 12.1 Å². The summed E-state index contributed by atoms with van der Waals surface area (Å²) in [5.41, 5.74) is 5.68. The third kappa shape index (κ3) is 5.21. The summed E-state index contributed by atoms with van der Waals surface area (Å²) in [6.45, 7) is 5.31. The van der Waals surface area contributed by atoms with Crippen molar-refractivity contribution in [2.45, 2.75) is 32.4 Å². The topological polar surface area (TPSA) is 64.3 Å². The number of rotatable bonds is 3. The van der Waals surface area contributed by atoms with Gasteiger partial charge < -0.3 is 15.8 Å². The van der Waals surface area contributed by atoms with Crippen LogP contribution in [0.15, 0.2) is 18.2 Å². The Kier molecular flexibility index (Phi) is 4.83. The van der Waals surface area contributed by atoms with Gasteiger partial charge in [-0.3, -0.25) is 0 Å². The number of amides is 1. The van der Waals surface area contributed by atoms with Crippen molar-refractivity contribution in [2.24, 2.45) is 5.73 Å². The molecule has 1 unspecified atom stereocenters. The molecule has 1 aromatic carbocycles. The fourth-order valence-electron chi connectivity index (χ4n) is 1.35. The minimum Gasteiger partial charge on any atom is -0.448 e. The Hall–Kier alpha value is -1.69. The normalized spacial score (nSPS) is 12.9. The molecule has 1 amide bonds. The summed E-state index contributed by atoms with van der Waals surface area (Å²) in [6, 6.07) is 2.62. The third-order valence-electron chi connectivity index (χ3n) is 2.24. The predicted octanol–water partition coefficient (Wildman–Crippen LogP) is 2.49. The Morgan fingerprint density at radius 1 is 1.37 bits per heavy atom. The van der Waals surface area contributed by atoms with Crippen molar-refractivity contribution in [1.82, 2.24) is 5.32 Å². The molecule has 0 spiro atoms. The first-order valence-corrected chi connectivity index (χ1v) is 5.84. The van der Waals surface area contributed by atoms with Crippen LogP contribution in [0.3, 0.4) is 0 Å². The Morgan fingerprint density at radius 3 is 2.53 bits per heavy atom. The lowest BCUT2D eigenvalue weighted by atomic mass is 10.1. The van der Waals surface area contributed by atoms with Gasteiger partial charge in [0, 0.05) is 5.54 Å². The second kappa shape index (κ2) is 5.97. The van der Waals surface area contributed by atoms with Crippen LogP contribution in [-0.4, -0.2) is 18.2 Å². The van der Waals surface area contributed by atoms with E-state index in [-0.39, 0.29) is 6.61 Å². The number of hydrogen-bond donors (Lipinski definition) is 2. The summed E-state index contributed by atoms with van der Waals surface area (Å²) in [5, 5.41) is 2.60. The van der Waals surface area contributed by atoms with Crippen molar-refractivity contribution >= 4 is 6.09 Å². The molecule has 0 aromatic heterocycles. The monoisotopic (exact) mass is 272 g/mol. The van der Waals surface area contributed by atoms with E-state index < -0.39 is 29.3 Å². The van der Waals surface area contributed by atoms with Crippen LogP contribution in [0.1, 0.15) is 32.4 Å². The number of halogens is 2. The highest BCUT2D eigenvalue weighted by Crippen LogP contribution is 2.15. The van der Waals surface area contributed by atoms with Crippen molar-refractivity contribution in [3.63, 3.8) is 0 Å². The average molecular weight is 272 g/mol. The summed E-state index contributed by atoms with van der Waals surface area (Å²) >= 11 is 0. The molecule has 0 saturated carbocycles. The molecule has 0 aliphatic rings. The van der Waals surface area contributed by atoms with Crippen LogP contribution in [0.2, 0.25) is 0 Å². The highest BCUT2D eigenvalue weighted by atomic mass is 19.2. The quantitative estimate of drug-likeness (QED) is 0.888. The summed E-state index contributed by atoms with van der Waals surface area (Å²) in [4.78, 5) is 11.4. The zero-order valence-electron chi connectivity index (χ0n) is 11.2. The average Bonchev–Trinajstić information content (AvgIpc) is 2.27. The summed E-state index contributed by atoms with van der Waals surface area (Å²) < 4.78 is 30.7. The Balaban J connectivity index is 2.53. The lowest BCUT2D eigenvalue weighted by molar-refractivity contribution is 0.131. The van der Waals surface area contributed by atoms with Gasteiger partial charge in [0.25, 0.3) is 0 Å². The fourth-order valence-corrected chi connectivity index (χ4v) is 1.35. The molecule has 19 heavy (non-hydrogen) atoms. The van der Waals surface area contributed by atoms with Crippen LogP contribution < -0.4 is 11.1 Å². The number of benzene rings is 1. The number of ether oxygens (including phenoxy) is 1. The van der Waals surface area contributed by atoms with Crippen LogP contribution in [0, 0.1) is 11.6 Å². The summed E-state index contributed by atoms with van der Waals surface area (Å²) in [6.07, 6.45) is -0.606. The van der Waals surface area contributed by atoms with Crippen LogP contribution in [0.4, 0.5) is 13.6 Å². The molecule has 6 heteroatoms. The molecule has 0 heterocycles. The maximum Gasteiger partial charge on any atom is 0.407 e. The second-order valence-electron chi connectivity index (χ2n) is 5.25. The van der Waals surface area contributed by atoms with E-state index in [4.69, 9.17) is 10.5 Å². The highest BCUT2D eigenvalue weighted by Gasteiger charge is 2.16. The second-order valence-corrected chi connectivity index (χ2v) is 5.25. The van der Waals surface area contributed by atoms with E-state index in [0.29, 0.717) is 5.56 Å². The molecule has 0 aliphatic heterocycles. The van der Waals surface area contributed by atoms with Gasteiger partial charge in [-0.25, -0.2) is 13.6 Å². The van der Waals surface area contributed by atoms with Crippen LogP contribution in [0.5, 0.6) is 0 Å². The van der Waals surface area contributed by atoms with Crippen LogP contribution in [0.25, 0.3) is 0 Å². The summed E-state index contributed by atoms with van der Waals surface area (Å²) in [5.74, 6) is -1.92. The number of hydrogen-bond acceptors (Lipinski definition) is 3. The molecule has 0 saturated heterocycles. The summed E-state index contributed by atoms with van der Waals surface area (Å²) in [7, 11) is 0.